The van der Waals surface area contributed by atoms with E-state index in [9.17, 15) is 10.1 Å². The second kappa shape index (κ2) is 7.06. The van der Waals surface area contributed by atoms with E-state index in [4.69, 9.17) is 9.47 Å². The van der Waals surface area contributed by atoms with Crippen molar-refractivity contribution >= 4 is 5.97 Å². The largest absolute Gasteiger partial charge is 0.465 e. The molecule has 20 heavy (non-hydrogen) atoms. The van der Waals surface area contributed by atoms with Gasteiger partial charge in [0.2, 0.25) is 0 Å². The van der Waals surface area contributed by atoms with Crippen molar-refractivity contribution in [3.8, 4) is 6.07 Å². The van der Waals surface area contributed by atoms with Crippen molar-refractivity contribution in [1.82, 2.24) is 0 Å². The number of hydrogen-bond acceptors (Lipinski definition) is 4. The molecule has 0 N–H and O–H groups in total. The van der Waals surface area contributed by atoms with E-state index >= 15 is 0 Å². The Morgan fingerprint density at radius 3 is 2.80 bits per heavy atom. The summed E-state index contributed by atoms with van der Waals surface area (Å²) in [5, 5.41) is 9.41. The van der Waals surface area contributed by atoms with Crippen LogP contribution in [0, 0.1) is 17.2 Å². The maximum absolute atomic E-state index is 12.0. The van der Waals surface area contributed by atoms with E-state index < -0.39 is 11.9 Å². The van der Waals surface area contributed by atoms with Crippen molar-refractivity contribution in [3.05, 3.63) is 35.9 Å². The quantitative estimate of drug-likeness (QED) is 0.774. The van der Waals surface area contributed by atoms with E-state index in [0.29, 0.717) is 6.61 Å². The fourth-order valence-corrected chi connectivity index (χ4v) is 2.69. The molecule has 0 amide bonds. The van der Waals surface area contributed by atoms with E-state index in [2.05, 4.69) is 6.07 Å². The third-order valence-corrected chi connectivity index (χ3v) is 3.59. The van der Waals surface area contributed by atoms with Crippen LogP contribution in [0.4, 0.5) is 0 Å². The fraction of sp³-hybridized carbons (Fsp3) is 0.500. The minimum Gasteiger partial charge on any atom is -0.465 e. The molecule has 4 heteroatoms. The Labute approximate surface area is 119 Å². The first kappa shape index (κ1) is 14.5. The summed E-state index contributed by atoms with van der Waals surface area (Å²) in [4.78, 5) is 12.0. The highest BCUT2D eigenvalue weighted by Crippen LogP contribution is 2.35. The van der Waals surface area contributed by atoms with Gasteiger partial charge in [0.1, 0.15) is 0 Å². The molecule has 0 aliphatic carbocycles. The second-order valence-corrected chi connectivity index (χ2v) is 4.85. The van der Waals surface area contributed by atoms with Crippen LogP contribution >= 0.6 is 0 Å². The van der Waals surface area contributed by atoms with Crippen molar-refractivity contribution in [3.63, 3.8) is 0 Å². The van der Waals surface area contributed by atoms with Gasteiger partial charge in [-0.05, 0) is 25.3 Å². The summed E-state index contributed by atoms with van der Waals surface area (Å²) in [5.41, 5.74) is 0.957. The third kappa shape index (κ3) is 3.17. The number of esters is 1. The van der Waals surface area contributed by atoms with Gasteiger partial charge in [-0.2, -0.15) is 5.26 Å². The van der Waals surface area contributed by atoms with Crippen LogP contribution in [0.3, 0.4) is 0 Å². The molecule has 0 aromatic heterocycles. The van der Waals surface area contributed by atoms with Gasteiger partial charge in [0.25, 0.3) is 0 Å². The van der Waals surface area contributed by atoms with Crippen LogP contribution in [0.25, 0.3) is 0 Å². The molecule has 1 aromatic rings. The zero-order chi connectivity index (χ0) is 14.4. The first-order valence-electron chi connectivity index (χ1n) is 7.00. The first-order valence-corrected chi connectivity index (χ1v) is 7.00. The van der Waals surface area contributed by atoms with Gasteiger partial charge in [0, 0.05) is 12.5 Å². The monoisotopic (exact) mass is 273 g/mol. The topological polar surface area (TPSA) is 59.3 Å². The zero-order valence-corrected chi connectivity index (χ0v) is 11.6. The van der Waals surface area contributed by atoms with Gasteiger partial charge in [0.05, 0.1) is 18.8 Å². The molecule has 1 aliphatic heterocycles. The molecular weight excluding hydrogens is 254 g/mol. The Hall–Kier alpha value is -1.86. The molecule has 0 bridgehead atoms. The van der Waals surface area contributed by atoms with Crippen LogP contribution in [0.5, 0.6) is 0 Å². The molecule has 1 saturated heterocycles. The van der Waals surface area contributed by atoms with Crippen molar-refractivity contribution < 1.29 is 14.3 Å². The number of hydrogen-bond donors (Lipinski definition) is 0. The highest BCUT2D eigenvalue weighted by Gasteiger charge is 2.38. The lowest BCUT2D eigenvalue weighted by atomic mass is 9.81. The van der Waals surface area contributed by atoms with Crippen LogP contribution < -0.4 is 0 Å². The molecule has 1 fully saturated rings. The van der Waals surface area contributed by atoms with Gasteiger partial charge in [-0.1, -0.05) is 30.3 Å². The number of ether oxygens (including phenoxy) is 2. The molecule has 3 unspecified atom stereocenters. The van der Waals surface area contributed by atoms with Crippen LogP contribution in [-0.4, -0.2) is 25.3 Å². The standard InChI is InChI=1S/C16H19NO3/c1-2-19-16(18)13(11-17)15(14-9-6-10-20-14)12-7-4-3-5-8-12/h3-5,7-8,13-15H,2,6,9-10H2,1H3. The van der Waals surface area contributed by atoms with Gasteiger partial charge >= 0.3 is 5.97 Å². The average Bonchev–Trinajstić information content (AvgIpc) is 2.99. The molecule has 3 atom stereocenters. The molecule has 1 heterocycles. The summed E-state index contributed by atoms with van der Waals surface area (Å²) >= 11 is 0. The predicted molar refractivity (Wildman–Crippen MR) is 73.9 cm³/mol. The molecule has 1 aliphatic rings. The maximum Gasteiger partial charge on any atom is 0.324 e. The number of nitrogens with zero attached hydrogens (tertiary/aromatic N) is 1. The van der Waals surface area contributed by atoms with E-state index in [1.807, 2.05) is 30.3 Å². The molecule has 0 radical (unpaired) electrons. The fourth-order valence-electron chi connectivity index (χ4n) is 2.69. The lowest BCUT2D eigenvalue weighted by Crippen LogP contribution is -2.31. The molecule has 1 aromatic carbocycles. The Kier molecular flexibility index (Phi) is 5.14. The molecule has 0 saturated carbocycles. The molecule has 106 valence electrons. The number of carbonyl (C=O) groups is 1. The van der Waals surface area contributed by atoms with E-state index in [1.165, 1.54) is 0 Å². The Morgan fingerprint density at radius 1 is 1.50 bits per heavy atom. The molecule has 0 spiro atoms. The van der Waals surface area contributed by atoms with Crippen molar-refractivity contribution in [2.45, 2.75) is 31.8 Å². The number of benzene rings is 1. The van der Waals surface area contributed by atoms with Crippen LogP contribution in [0.15, 0.2) is 30.3 Å². The average molecular weight is 273 g/mol. The van der Waals surface area contributed by atoms with Gasteiger partial charge < -0.3 is 9.47 Å². The predicted octanol–water partition coefficient (Wildman–Crippen LogP) is 2.65. The van der Waals surface area contributed by atoms with Gasteiger partial charge in [-0.15, -0.1) is 0 Å². The smallest absolute Gasteiger partial charge is 0.324 e. The van der Waals surface area contributed by atoms with Gasteiger partial charge in [-0.3, -0.25) is 4.79 Å². The number of carbonyl (C=O) groups excluding carboxylic acids is 1. The van der Waals surface area contributed by atoms with E-state index in [0.717, 1.165) is 18.4 Å². The van der Waals surface area contributed by atoms with Gasteiger partial charge in [0.15, 0.2) is 5.92 Å². The first-order chi connectivity index (χ1) is 9.77. The highest BCUT2D eigenvalue weighted by molar-refractivity contribution is 5.76. The van der Waals surface area contributed by atoms with Crippen LogP contribution in [0.1, 0.15) is 31.2 Å². The molecular formula is C16H19NO3. The Morgan fingerprint density at radius 2 is 2.25 bits per heavy atom. The van der Waals surface area contributed by atoms with Crippen molar-refractivity contribution in [2.24, 2.45) is 5.92 Å². The molecule has 2 rings (SSSR count). The van der Waals surface area contributed by atoms with E-state index in [-0.39, 0.29) is 18.6 Å². The Bertz CT molecular complexity index is 474. The summed E-state index contributed by atoms with van der Waals surface area (Å²) in [5.74, 6) is -1.54. The number of rotatable bonds is 5. The van der Waals surface area contributed by atoms with Gasteiger partial charge in [-0.25, -0.2) is 0 Å². The maximum atomic E-state index is 12.0. The Balaban J connectivity index is 2.30. The lowest BCUT2D eigenvalue weighted by molar-refractivity contribution is -0.147. The summed E-state index contributed by atoms with van der Waals surface area (Å²) in [6.07, 6.45) is 1.75. The summed E-state index contributed by atoms with van der Waals surface area (Å²) < 4.78 is 10.8. The lowest BCUT2D eigenvalue weighted by Gasteiger charge is -2.26. The van der Waals surface area contributed by atoms with Crippen LogP contribution in [0.2, 0.25) is 0 Å². The summed E-state index contributed by atoms with van der Waals surface area (Å²) in [7, 11) is 0. The van der Waals surface area contributed by atoms with Crippen molar-refractivity contribution in [1.29, 1.82) is 5.26 Å². The highest BCUT2D eigenvalue weighted by atomic mass is 16.5. The summed E-state index contributed by atoms with van der Waals surface area (Å²) in [6, 6.07) is 11.7. The minimum absolute atomic E-state index is 0.0912. The normalized spacial score (nSPS) is 20.9. The summed E-state index contributed by atoms with van der Waals surface area (Å²) in [6.45, 7) is 2.72. The minimum atomic E-state index is -0.819. The SMILES string of the molecule is CCOC(=O)C(C#N)C(c1ccccc1)C1CCCO1. The van der Waals surface area contributed by atoms with Crippen LogP contribution in [-0.2, 0) is 14.3 Å². The molecule has 4 nitrogen and oxygen atoms in total. The third-order valence-electron chi connectivity index (χ3n) is 3.59. The zero-order valence-electron chi connectivity index (χ0n) is 11.6. The van der Waals surface area contributed by atoms with Crippen molar-refractivity contribution in [2.75, 3.05) is 13.2 Å². The number of nitriles is 1. The second-order valence-electron chi connectivity index (χ2n) is 4.85. The van der Waals surface area contributed by atoms with E-state index in [1.54, 1.807) is 6.92 Å².